The lowest BCUT2D eigenvalue weighted by Crippen LogP contribution is -2.09. The van der Waals surface area contributed by atoms with E-state index in [1.165, 1.54) is 12.4 Å². The summed E-state index contributed by atoms with van der Waals surface area (Å²) < 4.78 is 10.9. The van der Waals surface area contributed by atoms with Gasteiger partial charge in [0.2, 0.25) is 0 Å². The lowest BCUT2D eigenvalue weighted by Gasteiger charge is -2.14. The van der Waals surface area contributed by atoms with E-state index in [9.17, 15) is 4.79 Å². The zero-order chi connectivity index (χ0) is 17.0. The second-order valence-electron chi connectivity index (χ2n) is 5.21. The number of Topliss-reactive ketones (excluding diaryl/α,β-unsaturated/α-hetero) is 1. The van der Waals surface area contributed by atoms with Crippen LogP contribution < -0.4 is 9.47 Å². The predicted octanol–water partition coefficient (Wildman–Crippen LogP) is 4.61. The number of hydrogen-bond donors (Lipinski definition) is 0. The van der Waals surface area contributed by atoms with Crippen LogP contribution in [0.25, 0.3) is 0 Å². The normalized spacial score (nSPS) is 10.7. The van der Waals surface area contributed by atoms with E-state index in [-0.39, 0.29) is 18.3 Å². The Kier molecular flexibility index (Phi) is 5.85. The van der Waals surface area contributed by atoms with Gasteiger partial charge in [-0.25, -0.2) is 0 Å². The first-order valence-electron chi connectivity index (χ1n) is 7.08. The first-order valence-corrected chi connectivity index (χ1v) is 7.83. The van der Waals surface area contributed by atoms with Crippen molar-refractivity contribution in [3.05, 3.63) is 51.8 Å². The van der Waals surface area contributed by atoms with Gasteiger partial charge in [0.15, 0.2) is 17.3 Å². The van der Waals surface area contributed by atoms with E-state index in [0.29, 0.717) is 32.7 Å². The molecule has 6 heteroatoms. The standard InChI is InChI=1S/C17H17Cl2NO3/c1-10(2)23-17-6-11(4-5-16(17)22-3)15(21)7-12-13(18)8-20-9-14(12)19/h4-6,8-10H,7H2,1-3H3. The molecule has 1 aromatic heterocycles. The molecule has 0 bridgehead atoms. The highest BCUT2D eigenvalue weighted by Gasteiger charge is 2.16. The molecular weight excluding hydrogens is 337 g/mol. The Labute approximate surface area is 145 Å². The van der Waals surface area contributed by atoms with Gasteiger partial charge in [-0.05, 0) is 32.0 Å². The molecule has 0 saturated carbocycles. The van der Waals surface area contributed by atoms with Crippen LogP contribution in [0, 0.1) is 0 Å². The van der Waals surface area contributed by atoms with Crippen LogP contribution in [0.5, 0.6) is 11.5 Å². The van der Waals surface area contributed by atoms with Crippen molar-refractivity contribution >= 4 is 29.0 Å². The fraction of sp³-hybridized carbons (Fsp3) is 0.294. The molecule has 1 heterocycles. The molecule has 2 aromatic rings. The van der Waals surface area contributed by atoms with E-state index in [4.69, 9.17) is 32.7 Å². The lowest BCUT2D eigenvalue weighted by atomic mass is 10.0. The number of carbonyl (C=O) groups is 1. The molecule has 0 amide bonds. The van der Waals surface area contributed by atoms with Gasteiger partial charge in [-0.3, -0.25) is 9.78 Å². The second kappa shape index (κ2) is 7.66. The molecule has 23 heavy (non-hydrogen) atoms. The van der Waals surface area contributed by atoms with Gasteiger partial charge in [0.05, 0.1) is 23.3 Å². The van der Waals surface area contributed by atoms with Crippen molar-refractivity contribution < 1.29 is 14.3 Å². The third-order valence-corrected chi connectivity index (χ3v) is 3.79. The van der Waals surface area contributed by atoms with Crippen molar-refractivity contribution in [3.63, 3.8) is 0 Å². The maximum absolute atomic E-state index is 12.5. The van der Waals surface area contributed by atoms with Crippen molar-refractivity contribution in [2.75, 3.05) is 7.11 Å². The molecule has 0 atom stereocenters. The number of nitrogens with zero attached hydrogens (tertiary/aromatic N) is 1. The molecule has 0 unspecified atom stereocenters. The maximum Gasteiger partial charge on any atom is 0.167 e. The number of aromatic nitrogens is 1. The highest BCUT2D eigenvalue weighted by Crippen LogP contribution is 2.30. The van der Waals surface area contributed by atoms with E-state index < -0.39 is 0 Å². The van der Waals surface area contributed by atoms with E-state index in [2.05, 4.69) is 4.98 Å². The van der Waals surface area contributed by atoms with Gasteiger partial charge >= 0.3 is 0 Å². The predicted molar refractivity (Wildman–Crippen MR) is 91.0 cm³/mol. The van der Waals surface area contributed by atoms with Gasteiger partial charge in [-0.15, -0.1) is 0 Å². The molecule has 0 spiro atoms. The molecule has 0 aliphatic carbocycles. The van der Waals surface area contributed by atoms with Gasteiger partial charge in [0.1, 0.15) is 0 Å². The van der Waals surface area contributed by atoms with Crippen molar-refractivity contribution in [3.8, 4) is 11.5 Å². The molecule has 1 aromatic carbocycles. The van der Waals surface area contributed by atoms with Gasteiger partial charge in [-0.2, -0.15) is 0 Å². The third-order valence-electron chi connectivity index (χ3n) is 3.14. The molecule has 0 saturated heterocycles. The summed E-state index contributed by atoms with van der Waals surface area (Å²) in [6.07, 6.45) is 3.00. The molecule has 0 aliphatic rings. The monoisotopic (exact) mass is 353 g/mol. The largest absolute Gasteiger partial charge is 0.493 e. The highest BCUT2D eigenvalue weighted by atomic mass is 35.5. The van der Waals surface area contributed by atoms with Gasteiger partial charge in [-0.1, -0.05) is 23.2 Å². The Morgan fingerprint density at radius 2 is 1.83 bits per heavy atom. The molecule has 4 nitrogen and oxygen atoms in total. The summed E-state index contributed by atoms with van der Waals surface area (Å²) in [5, 5.41) is 0.746. The van der Waals surface area contributed by atoms with E-state index >= 15 is 0 Å². The summed E-state index contributed by atoms with van der Waals surface area (Å²) in [5.74, 6) is 0.992. The molecule has 2 rings (SSSR count). The van der Waals surface area contributed by atoms with Crippen molar-refractivity contribution in [1.82, 2.24) is 4.98 Å². The van der Waals surface area contributed by atoms with Crippen LogP contribution >= 0.6 is 23.2 Å². The highest BCUT2D eigenvalue weighted by molar-refractivity contribution is 6.36. The third kappa shape index (κ3) is 4.36. The number of pyridine rings is 1. The summed E-state index contributed by atoms with van der Waals surface area (Å²) in [4.78, 5) is 16.4. The van der Waals surface area contributed by atoms with E-state index in [1.807, 2.05) is 13.8 Å². The first-order chi connectivity index (χ1) is 10.9. The number of carbonyl (C=O) groups excluding carboxylic acids is 1. The minimum absolute atomic E-state index is 0.0293. The van der Waals surface area contributed by atoms with Crippen molar-refractivity contribution in [1.29, 1.82) is 0 Å². The second-order valence-corrected chi connectivity index (χ2v) is 6.03. The van der Waals surface area contributed by atoms with Gasteiger partial charge < -0.3 is 9.47 Å². The number of ether oxygens (including phenoxy) is 2. The van der Waals surface area contributed by atoms with Gasteiger partial charge in [0, 0.05) is 29.9 Å². The van der Waals surface area contributed by atoms with E-state index in [1.54, 1.807) is 25.3 Å². The number of benzene rings is 1. The minimum atomic E-state index is -0.115. The summed E-state index contributed by atoms with van der Waals surface area (Å²) >= 11 is 12.1. The van der Waals surface area contributed by atoms with Crippen LogP contribution in [0.15, 0.2) is 30.6 Å². The molecule has 0 radical (unpaired) electrons. The number of hydrogen-bond acceptors (Lipinski definition) is 4. The smallest absolute Gasteiger partial charge is 0.167 e. The SMILES string of the molecule is COc1ccc(C(=O)Cc2c(Cl)cncc2Cl)cc1OC(C)C. The number of methoxy groups -OCH3 is 1. The Bertz CT molecular complexity index is 697. The number of rotatable bonds is 6. The van der Waals surface area contributed by atoms with Crippen LogP contribution in [0.1, 0.15) is 29.8 Å². The van der Waals surface area contributed by atoms with Crippen LogP contribution in [-0.2, 0) is 6.42 Å². The summed E-state index contributed by atoms with van der Waals surface area (Å²) in [7, 11) is 1.56. The Balaban J connectivity index is 2.29. The van der Waals surface area contributed by atoms with Crippen LogP contribution in [0.2, 0.25) is 10.0 Å². The van der Waals surface area contributed by atoms with Crippen molar-refractivity contribution in [2.24, 2.45) is 0 Å². The molecular formula is C17H17Cl2NO3. The van der Waals surface area contributed by atoms with Crippen molar-refractivity contribution in [2.45, 2.75) is 26.4 Å². The average molecular weight is 354 g/mol. The Morgan fingerprint density at radius 3 is 2.39 bits per heavy atom. The Morgan fingerprint density at radius 1 is 1.17 bits per heavy atom. The lowest BCUT2D eigenvalue weighted by molar-refractivity contribution is 0.0992. The zero-order valence-electron chi connectivity index (χ0n) is 13.1. The molecule has 0 N–H and O–H groups in total. The summed E-state index contributed by atoms with van der Waals surface area (Å²) in [5.41, 5.74) is 1.07. The molecule has 122 valence electrons. The maximum atomic E-state index is 12.5. The number of halogens is 2. The van der Waals surface area contributed by atoms with E-state index in [0.717, 1.165) is 0 Å². The fourth-order valence-corrected chi connectivity index (χ4v) is 2.56. The zero-order valence-corrected chi connectivity index (χ0v) is 14.6. The minimum Gasteiger partial charge on any atom is -0.493 e. The quantitative estimate of drug-likeness (QED) is 0.711. The van der Waals surface area contributed by atoms with Crippen LogP contribution in [0.3, 0.4) is 0 Å². The van der Waals surface area contributed by atoms with Gasteiger partial charge in [0.25, 0.3) is 0 Å². The number of ketones is 1. The van der Waals surface area contributed by atoms with Crippen LogP contribution in [-0.4, -0.2) is 24.0 Å². The Hall–Kier alpha value is -1.78. The topological polar surface area (TPSA) is 48.4 Å². The summed E-state index contributed by atoms with van der Waals surface area (Å²) in [6.45, 7) is 3.81. The molecule has 0 aliphatic heterocycles. The average Bonchev–Trinajstić information content (AvgIpc) is 2.50. The summed E-state index contributed by atoms with van der Waals surface area (Å²) in [6, 6.07) is 5.07. The molecule has 0 fully saturated rings. The van der Waals surface area contributed by atoms with Crippen LogP contribution in [0.4, 0.5) is 0 Å². The fourth-order valence-electron chi connectivity index (χ4n) is 2.07. The first kappa shape index (κ1) is 17.6.